The minimum atomic E-state index is -2.33. The second-order valence-electron chi connectivity index (χ2n) is 5.98. The zero-order valence-corrected chi connectivity index (χ0v) is 20.9. The summed E-state index contributed by atoms with van der Waals surface area (Å²) in [5.74, 6) is 0.968. The Labute approximate surface area is 127 Å². The maximum atomic E-state index is 2.38. The molecule has 0 fully saturated rings. The predicted octanol–water partition coefficient (Wildman–Crippen LogP) is 0.0945. The van der Waals surface area contributed by atoms with Crippen molar-refractivity contribution in [1.29, 1.82) is 0 Å². The Hall–Kier alpha value is 0.926. The maximum absolute atomic E-state index is 2.38. The molecule has 0 aromatic carbocycles. The Bertz CT molecular complexity index is 169. The molecule has 0 aliphatic heterocycles. The Morgan fingerprint density at radius 1 is 0.722 bits per heavy atom. The van der Waals surface area contributed by atoms with Crippen molar-refractivity contribution >= 4 is 30.7 Å². The van der Waals surface area contributed by atoms with Crippen molar-refractivity contribution < 1.29 is 0 Å². The molecule has 0 bridgehead atoms. The zero-order valence-electron chi connectivity index (χ0n) is 14.6. The van der Waals surface area contributed by atoms with Crippen LogP contribution in [0.15, 0.2) is 0 Å². The van der Waals surface area contributed by atoms with E-state index in [1.807, 2.05) is 0 Å². The molecule has 6 heteroatoms. The number of hydrogen-bond acceptors (Lipinski definition) is 4. The van der Waals surface area contributed by atoms with E-state index in [1.54, 1.807) is 0 Å². The van der Waals surface area contributed by atoms with Crippen LogP contribution in [0.25, 0.3) is 0 Å². The molecule has 0 aromatic rings. The average molecular weight is 382 g/mol. The topological polar surface area (TPSA) is 13.0 Å². The second-order valence-corrected chi connectivity index (χ2v) is 17.7. The minimum absolute atomic E-state index is 0.968. The fourth-order valence-electron chi connectivity index (χ4n) is 2.40. The molecule has 0 unspecified atom stereocenters. The van der Waals surface area contributed by atoms with Crippen LogP contribution in [-0.2, 0) is 0 Å². The third kappa shape index (κ3) is 5.92. The van der Waals surface area contributed by atoms with Gasteiger partial charge in [0.2, 0.25) is 0 Å². The van der Waals surface area contributed by atoms with Crippen molar-refractivity contribution in [2.24, 2.45) is 5.92 Å². The standard InChI is InChI=1S/C8H24GeN4.C4H12Ge/c1-10(2)9(11(3)4,12(5)6)13(7)8;1-4(2)3-5/h1-8H3;4H,3H2,1-2,5H3. The van der Waals surface area contributed by atoms with E-state index in [4.69, 9.17) is 0 Å². The molecule has 0 heterocycles. The summed E-state index contributed by atoms with van der Waals surface area (Å²) in [6.07, 6.45) is 0. The van der Waals surface area contributed by atoms with Gasteiger partial charge in [0.25, 0.3) is 0 Å². The van der Waals surface area contributed by atoms with Gasteiger partial charge in [-0.3, -0.25) is 0 Å². The quantitative estimate of drug-likeness (QED) is 0.626. The van der Waals surface area contributed by atoms with Crippen molar-refractivity contribution in [2.45, 2.75) is 19.1 Å². The van der Waals surface area contributed by atoms with E-state index in [0.717, 1.165) is 22.4 Å². The van der Waals surface area contributed by atoms with Crippen LogP contribution in [0.1, 0.15) is 13.8 Å². The first-order valence-electron chi connectivity index (χ1n) is 6.74. The molecule has 0 amide bonds. The average Bonchev–Trinajstić information content (AvgIpc) is 2.16. The van der Waals surface area contributed by atoms with E-state index in [9.17, 15) is 0 Å². The Balaban J connectivity index is 0. The SMILES string of the molecule is CC(C)[CH2][GeH3].C[N](C)[Ge]([N](C)C)([N](C)C)[N](C)C. The summed E-state index contributed by atoms with van der Waals surface area (Å²) in [6.45, 7) is 4.54. The van der Waals surface area contributed by atoms with Gasteiger partial charge >= 0.3 is 127 Å². The van der Waals surface area contributed by atoms with Crippen LogP contribution in [-0.4, -0.2) is 102 Å². The molecule has 0 saturated heterocycles. The van der Waals surface area contributed by atoms with Gasteiger partial charge in [-0.25, -0.2) is 0 Å². The number of hydrogen-bond donors (Lipinski definition) is 0. The van der Waals surface area contributed by atoms with Crippen LogP contribution in [0.3, 0.4) is 0 Å². The Morgan fingerprint density at radius 3 is 0.889 bits per heavy atom. The molecule has 18 heavy (non-hydrogen) atoms. The van der Waals surface area contributed by atoms with Gasteiger partial charge in [0.05, 0.1) is 0 Å². The first-order chi connectivity index (χ1) is 8.04. The molecule has 0 N–H and O–H groups in total. The normalized spacial score (nSPS) is 12.8. The fraction of sp³-hybridized carbons (Fsp3) is 1.00. The summed E-state index contributed by atoms with van der Waals surface area (Å²) in [5, 5.41) is 1.49. The first-order valence-corrected chi connectivity index (χ1v) is 13.5. The van der Waals surface area contributed by atoms with Gasteiger partial charge in [-0.15, -0.1) is 0 Å². The molecule has 0 radical (unpaired) electrons. The van der Waals surface area contributed by atoms with Crippen LogP contribution < -0.4 is 0 Å². The number of rotatable bonds is 5. The van der Waals surface area contributed by atoms with Gasteiger partial charge in [-0.05, 0) is 0 Å². The van der Waals surface area contributed by atoms with E-state index in [-0.39, 0.29) is 0 Å². The van der Waals surface area contributed by atoms with E-state index in [1.165, 1.54) is 5.25 Å². The van der Waals surface area contributed by atoms with Crippen LogP contribution in [0.2, 0.25) is 5.25 Å². The monoisotopic (exact) mass is 384 g/mol. The third-order valence-corrected chi connectivity index (χ3v) is 16.7. The van der Waals surface area contributed by atoms with Crippen molar-refractivity contribution in [3.63, 3.8) is 0 Å². The van der Waals surface area contributed by atoms with E-state index >= 15 is 0 Å². The first kappa shape index (κ1) is 21.2. The summed E-state index contributed by atoms with van der Waals surface area (Å²) >= 11 is -1.25. The second kappa shape index (κ2) is 9.77. The van der Waals surface area contributed by atoms with Crippen molar-refractivity contribution in [3.8, 4) is 0 Å². The molecule has 0 rings (SSSR count). The van der Waals surface area contributed by atoms with Gasteiger partial charge in [-0.2, -0.15) is 0 Å². The molecule has 0 aliphatic carbocycles. The van der Waals surface area contributed by atoms with Crippen LogP contribution in [0, 0.1) is 5.92 Å². The summed E-state index contributed by atoms with van der Waals surface area (Å²) in [7, 11) is 17.3. The molecular formula is C12H36Ge2N4. The van der Waals surface area contributed by atoms with Crippen molar-refractivity contribution in [1.82, 2.24) is 15.4 Å². The van der Waals surface area contributed by atoms with Crippen molar-refractivity contribution in [2.75, 3.05) is 56.4 Å². The Kier molecular flexibility index (Phi) is 11.5. The van der Waals surface area contributed by atoms with Gasteiger partial charge in [0.1, 0.15) is 0 Å². The summed E-state index contributed by atoms with van der Waals surface area (Å²) < 4.78 is 9.50. The van der Waals surface area contributed by atoms with Crippen molar-refractivity contribution in [3.05, 3.63) is 0 Å². The van der Waals surface area contributed by atoms with Gasteiger partial charge in [-0.1, -0.05) is 0 Å². The van der Waals surface area contributed by atoms with Gasteiger partial charge < -0.3 is 0 Å². The van der Waals surface area contributed by atoms with E-state index < -0.39 is 14.2 Å². The fourth-order valence-corrected chi connectivity index (χ4v) is 12.5. The summed E-state index contributed by atoms with van der Waals surface area (Å²) in [5.41, 5.74) is 0. The van der Waals surface area contributed by atoms with Gasteiger partial charge in [0, 0.05) is 0 Å². The van der Waals surface area contributed by atoms with Crippen LogP contribution in [0.5, 0.6) is 0 Å². The van der Waals surface area contributed by atoms with E-state index in [2.05, 4.69) is 85.7 Å². The molecule has 112 valence electrons. The summed E-state index contributed by atoms with van der Waals surface area (Å²) in [4.78, 5) is 0. The number of nitrogens with zero attached hydrogens (tertiary/aromatic N) is 4. The molecule has 0 saturated carbocycles. The van der Waals surface area contributed by atoms with Crippen LogP contribution >= 0.6 is 0 Å². The molecule has 4 nitrogen and oxygen atoms in total. The molecular weight excluding hydrogens is 345 g/mol. The molecule has 0 aromatic heterocycles. The molecule has 0 atom stereocenters. The molecule has 0 aliphatic rings. The predicted molar refractivity (Wildman–Crippen MR) is 90.1 cm³/mol. The molecule has 0 spiro atoms. The zero-order chi connectivity index (χ0) is 15.1. The van der Waals surface area contributed by atoms with Crippen LogP contribution in [0.4, 0.5) is 0 Å². The summed E-state index contributed by atoms with van der Waals surface area (Å²) in [6, 6.07) is 0. The Morgan fingerprint density at radius 2 is 0.889 bits per heavy atom. The van der Waals surface area contributed by atoms with Gasteiger partial charge in [0.15, 0.2) is 0 Å². The third-order valence-electron chi connectivity index (χ3n) is 3.22. The van der Waals surface area contributed by atoms with E-state index in [0.29, 0.717) is 0 Å².